The van der Waals surface area contributed by atoms with Gasteiger partial charge in [-0.3, -0.25) is 0 Å². The minimum Gasteiger partial charge on any atom is -0.351 e. The number of carbonyl (C=O) groups excluding carboxylic acids is 2. The summed E-state index contributed by atoms with van der Waals surface area (Å²) in [5.74, 6) is 0. The van der Waals surface area contributed by atoms with E-state index in [0.29, 0.717) is 16.4 Å². The molecule has 4 amide bonds. The van der Waals surface area contributed by atoms with Gasteiger partial charge < -0.3 is 21.7 Å². The number of anilines is 2. The molecule has 0 fully saturated rings. The first-order chi connectivity index (χ1) is 10.9. The molecule has 0 spiro atoms. The Hall–Kier alpha value is -2.73. The Balaban J connectivity index is 1.94. The molecule has 2 aromatic carbocycles. The highest BCUT2D eigenvalue weighted by molar-refractivity contribution is 6.30. The Labute approximate surface area is 139 Å². The van der Waals surface area contributed by atoms with Crippen LogP contribution in [-0.2, 0) is 0 Å². The van der Waals surface area contributed by atoms with E-state index in [-0.39, 0.29) is 12.1 Å². The Morgan fingerprint density at radius 2 is 1.74 bits per heavy atom. The van der Waals surface area contributed by atoms with Crippen molar-refractivity contribution < 1.29 is 9.59 Å². The summed E-state index contributed by atoms with van der Waals surface area (Å²) in [4.78, 5) is 22.7. The van der Waals surface area contributed by atoms with Crippen LogP contribution >= 0.6 is 11.6 Å². The van der Waals surface area contributed by atoms with Gasteiger partial charge in [0.15, 0.2) is 0 Å². The number of amides is 4. The van der Waals surface area contributed by atoms with Crippen molar-refractivity contribution in [2.45, 2.75) is 13.0 Å². The van der Waals surface area contributed by atoms with Crippen molar-refractivity contribution in [3.63, 3.8) is 0 Å². The highest BCUT2D eigenvalue weighted by atomic mass is 35.5. The van der Waals surface area contributed by atoms with Crippen molar-refractivity contribution in [3.05, 3.63) is 59.1 Å². The second-order valence-corrected chi connectivity index (χ2v) is 5.38. The summed E-state index contributed by atoms with van der Waals surface area (Å²) in [6, 6.07) is 12.8. The van der Waals surface area contributed by atoms with Gasteiger partial charge in [-0.2, -0.15) is 0 Å². The summed E-state index contributed by atoms with van der Waals surface area (Å²) in [5.41, 5.74) is 7.15. The predicted octanol–water partition coefficient (Wildman–Crippen LogP) is 3.71. The highest BCUT2D eigenvalue weighted by Crippen LogP contribution is 2.17. The smallest absolute Gasteiger partial charge is 0.319 e. The van der Waals surface area contributed by atoms with Gasteiger partial charge in [0.2, 0.25) is 0 Å². The van der Waals surface area contributed by atoms with Crippen molar-refractivity contribution >= 4 is 35.0 Å². The standard InChI is InChI=1S/C16H17ClN4O2/c1-10(11-5-7-13(8-6-11)20-15(18)22)19-16(23)21-14-4-2-3-12(17)9-14/h2-10H,1H3,(H3,18,20,22)(H2,19,21,23). The van der Waals surface area contributed by atoms with E-state index < -0.39 is 6.03 Å². The van der Waals surface area contributed by atoms with E-state index in [1.165, 1.54) is 0 Å². The second kappa shape index (κ2) is 7.51. The van der Waals surface area contributed by atoms with Gasteiger partial charge in [0, 0.05) is 16.4 Å². The van der Waals surface area contributed by atoms with Crippen LogP contribution in [0.3, 0.4) is 0 Å². The molecule has 0 heterocycles. The minimum absolute atomic E-state index is 0.211. The van der Waals surface area contributed by atoms with E-state index in [1.807, 2.05) is 6.92 Å². The fourth-order valence-corrected chi connectivity index (χ4v) is 2.20. The Morgan fingerprint density at radius 3 is 2.35 bits per heavy atom. The summed E-state index contributed by atoms with van der Waals surface area (Å²) in [5, 5.41) is 8.56. The third-order valence-electron chi connectivity index (χ3n) is 3.11. The van der Waals surface area contributed by atoms with Crippen molar-refractivity contribution in [1.29, 1.82) is 0 Å². The predicted molar refractivity (Wildman–Crippen MR) is 91.7 cm³/mol. The monoisotopic (exact) mass is 332 g/mol. The molecule has 0 aliphatic rings. The van der Waals surface area contributed by atoms with Gasteiger partial charge in [-0.25, -0.2) is 9.59 Å². The zero-order valence-corrected chi connectivity index (χ0v) is 13.2. The Bertz CT molecular complexity index is 703. The highest BCUT2D eigenvalue weighted by Gasteiger charge is 2.10. The van der Waals surface area contributed by atoms with Crippen LogP contribution in [0.25, 0.3) is 0 Å². The summed E-state index contributed by atoms with van der Waals surface area (Å²) in [6.45, 7) is 1.86. The topological polar surface area (TPSA) is 96.2 Å². The number of rotatable bonds is 4. The maximum Gasteiger partial charge on any atom is 0.319 e. The molecule has 1 atom stereocenters. The number of halogens is 1. The van der Waals surface area contributed by atoms with E-state index in [9.17, 15) is 9.59 Å². The van der Waals surface area contributed by atoms with Gasteiger partial charge in [0.1, 0.15) is 0 Å². The fraction of sp³-hybridized carbons (Fsp3) is 0.125. The zero-order valence-electron chi connectivity index (χ0n) is 12.5. The number of primary amides is 1. The first-order valence-electron chi connectivity index (χ1n) is 6.93. The number of urea groups is 2. The molecular formula is C16H17ClN4O2. The van der Waals surface area contributed by atoms with Crippen LogP contribution in [0.15, 0.2) is 48.5 Å². The quantitative estimate of drug-likeness (QED) is 0.686. The minimum atomic E-state index is -0.621. The molecule has 120 valence electrons. The average Bonchev–Trinajstić information content (AvgIpc) is 2.47. The van der Waals surface area contributed by atoms with Crippen LogP contribution in [0.5, 0.6) is 0 Å². The molecule has 0 bridgehead atoms. The molecule has 0 aromatic heterocycles. The van der Waals surface area contributed by atoms with Gasteiger partial charge >= 0.3 is 12.1 Å². The van der Waals surface area contributed by atoms with E-state index in [1.54, 1.807) is 48.5 Å². The van der Waals surface area contributed by atoms with Crippen LogP contribution < -0.4 is 21.7 Å². The molecule has 23 heavy (non-hydrogen) atoms. The van der Waals surface area contributed by atoms with E-state index in [4.69, 9.17) is 17.3 Å². The maximum absolute atomic E-state index is 12.0. The summed E-state index contributed by atoms with van der Waals surface area (Å²) in [7, 11) is 0. The Morgan fingerprint density at radius 1 is 1.04 bits per heavy atom. The van der Waals surface area contributed by atoms with Crippen molar-refractivity contribution in [1.82, 2.24) is 5.32 Å². The lowest BCUT2D eigenvalue weighted by Gasteiger charge is -2.15. The number of carbonyl (C=O) groups is 2. The molecule has 0 saturated carbocycles. The van der Waals surface area contributed by atoms with E-state index in [0.717, 1.165) is 5.56 Å². The number of benzene rings is 2. The molecule has 2 aromatic rings. The zero-order chi connectivity index (χ0) is 16.8. The number of nitrogens with one attached hydrogen (secondary N) is 3. The van der Waals surface area contributed by atoms with Crippen molar-refractivity contribution in [2.75, 3.05) is 10.6 Å². The van der Waals surface area contributed by atoms with Crippen LogP contribution in [0, 0.1) is 0 Å². The number of hydrogen-bond donors (Lipinski definition) is 4. The van der Waals surface area contributed by atoms with Gasteiger partial charge in [-0.15, -0.1) is 0 Å². The molecule has 0 aliphatic carbocycles. The Kier molecular flexibility index (Phi) is 5.43. The molecule has 1 unspecified atom stereocenters. The lowest BCUT2D eigenvalue weighted by Crippen LogP contribution is -2.31. The van der Waals surface area contributed by atoms with Crippen LogP contribution in [0.1, 0.15) is 18.5 Å². The van der Waals surface area contributed by atoms with Gasteiger partial charge in [0.25, 0.3) is 0 Å². The molecule has 0 aliphatic heterocycles. The largest absolute Gasteiger partial charge is 0.351 e. The third kappa shape index (κ3) is 5.19. The SMILES string of the molecule is CC(NC(=O)Nc1cccc(Cl)c1)c1ccc(NC(N)=O)cc1. The molecule has 5 N–H and O–H groups in total. The second-order valence-electron chi connectivity index (χ2n) is 4.94. The van der Waals surface area contributed by atoms with Gasteiger partial charge in [0.05, 0.1) is 6.04 Å². The molecule has 2 rings (SSSR count). The van der Waals surface area contributed by atoms with Gasteiger partial charge in [-0.1, -0.05) is 29.8 Å². The molecule has 7 heteroatoms. The first kappa shape index (κ1) is 16.6. The maximum atomic E-state index is 12.0. The number of hydrogen-bond acceptors (Lipinski definition) is 2. The number of nitrogens with two attached hydrogens (primary N) is 1. The van der Waals surface area contributed by atoms with Crippen LogP contribution in [-0.4, -0.2) is 12.1 Å². The molecule has 0 saturated heterocycles. The molecule has 6 nitrogen and oxygen atoms in total. The van der Waals surface area contributed by atoms with Crippen LogP contribution in [0.2, 0.25) is 5.02 Å². The molecular weight excluding hydrogens is 316 g/mol. The van der Waals surface area contributed by atoms with Gasteiger partial charge in [-0.05, 0) is 42.8 Å². The van der Waals surface area contributed by atoms with Crippen molar-refractivity contribution in [3.8, 4) is 0 Å². The lowest BCUT2D eigenvalue weighted by atomic mass is 10.1. The first-order valence-corrected chi connectivity index (χ1v) is 7.31. The van der Waals surface area contributed by atoms with E-state index in [2.05, 4.69) is 16.0 Å². The van der Waals surface area contributed by atoms with Crippen LogP contribution in [0.4, 0.5) is 21.0 Å². The third-order valence-corrected chi connectivity index (χ3v) is 3.34. The lowest BCUT2D eigenvalue weighted by molar-refractivity contribution is 0.249. The summed E-state index contributed by atoms with van der Waals surface area (Å²) >= 11 is 5.87. The van der Waals surface area contributed by atoms with E-state index >= 15 is 0 Å². The normalized spacial score (nSPS) is 11.4. The summed E-state index contributed by atoms with van der Waals surface area (Å²) in [6.07, 6.45) is 0. The van der Waals surface area contributed by atoms with Crippen molar-refractivity contribution in [2.24, 2.45) is 5.73 Å². The summed E-state index contributed by atoms with van der Waals surface area (Å²) < 4.78 is 0. The molecule has 0 radical (unpaired) electrons. The fourth-order valence-electron chi connectivity index (χ4n) is 2.01. The average molecular weight is 333 g/mol.